The van der Waals surface area contributed by atoms with Crippen molar-refractivity contribution in [3.63, 3.8) is 0 Å². The molecule has 0 fully saturated rings. The molecule has 24 heavy (non-hydrogen) atoms. The Bertz CT molecular complexity index is 776. The van der Waals surface area contributed by atoms with Gasteiger partial charge in [-0.25, -0.2) is 4.98 Å². The lowest BCUT2D eigenvalue weighted by atomic mass is 10.0. The molecule has 5 nitrogen and oxygen atoms in total. The molecule has 2 heterocycles. The highest BCUT2D eigenvalue weighted by molar-refractivity contribution is 7.15. The third kappa shape index (κ3) is 2.98. The van der Waals surface area contributed by atoms with Gasteiger partial charge in [-0.2, -0.15) is 0 Å². The lowest BCUT2D eigenvalue weighted by Gasteiger charge is -2.18. The molecule has 0 radical (unpaired) electrons. The first kappa shape index (κ1) is 15.4. The number of anilines is 1. The maximum atomic E-state index is 12.1. The maximum absolute atomic E-state index is 12.1. The Balaban J connectivity index is 1.39. The van der Waals surface area contributed by atoms with Gasteiger partial charge in [-0.3, -0.25) is 10.1 Å². The van der Waals surface area contributed by atoms with Crippen LogP contribution < -0.4 is 14.8 Å². The van der Waals surface area contributed by atoms with Crippen LogP contribution in [0.5, 0.6) is 11.5 Å². The molecule has 0 atom stereocenters. The van der Waals surface area contributed by atoms with Crippen molar-refractivity contribution in [1.82, 2.24) is 4.98 Å². The molecule has 0 unspecified atom stereocenters. The highest BCUT2D eigenvalue weighted by Crippen LogP contribution is 2.41. The van der Waals surface area contributed by atoms with Crippen LogP contribution in [0.15, 0.2) is 18.2 Å². The molecule has 0 bridgehead atoms. The summed E-state index contributed by atoms with van der Waals surface area (Å²) in [4.78, 5) is 17.9. The maximum Gasteiger partial charge on any atom is 0.264 e. The highest BCUT2D eigenvalue weighted by Gasteiger charge is 2.32. The Kier molecular flexibility index (Phi) is 3.72. The molecule has 1 aliphatic carbocycles. The number of nitrogens with one attached hydrogen (secondary N) is 1. The Morgan fingerprint density at radius 2 is 2.29 bits per heavy atom. The second kappa shape index (κ2) is 5.77. The number of rotatable bonds is 4. The van der Waals surface area contributed by atoms with E-state index in [2.05, 4.69) is 10.3 Å². The number of nitrogens with zero attached hydrogens (tertiary/aromatic N) is 1. The minimum atomic E-state index is -0.231. The monoisotopic (exact) mass is 344 g/mol. The first-order valence-electron chi connectivity index (χ1n) is 8.22. The number of carbonyl (C=O) groups is 1. The molecule has 1 amide bonds. The van der Waals surface area contributed by atoms with E-state index in [0.29, 0.717) is 10.9 Å². The standard InChI is InChI=1S/C18H20N2O3S/c1-18(2)9-11-5-3-7-13(16(11)23-18)22-10-15(21)20-17-19-12-6-4-8-14(12)24-17/h3,5,7H,4,6,8-10H2,1-2H3,(H,19,20,21). The third-order valence-electron chi connectivity index (χ3n) is 4.26. The number of aromatic nitrogens is 1. The number of aryl methyl sites for hydroxylation is 2. The molecule has 4 rings (SSSR count). The second-order valence-corrected chi connectivity index (χ2v) is 7.95. The Morgan fingerprint density at radius 3 is 3.12 bits per heavy atom. The molecule has 6 heteroatoms. The van der Waals surface area contributed by atoms with Gasteiger partial charge in [-0.1, -0.05) is 12.1 Å². The number of benzene rings is 1. The van der Waals surface area contributed by atoms with Crippen molar-refractivity contribution >= 4 is 22.4 Å². The van der Waals surface area contributed by atoms with Crippen LogP contribution >= 0.6 is 11.3 Å². The lowest BCUT2D eigenvalue weighted by Crippen LogP contribution is -2.25. The minimum Gasteiger partial charge on any atom is -0.483 e. The minimum absolute atomic E-state index is 0.0511. The molecule has 1 aliphatic heterocycles. The van der Waals surface area contributed by atoms with E-state index in [0.717, 1.165) is 36.3 Å². The molecule has 1 aromatic heterocycles. The summed E-state index contributed by atoms with van der Waals surface area (Å²) in [6, 6.07) is 5.81. The van der Waals surface area contributed by atoms with E-state index in [1.165, 1.54) is 11.3 Å². The Hall–Kier alpha value is -2.08. The number of hydrogen-bond donors (Lipinski definition) is 1. The summed E-state index contributed by atoms with van der Waals surface area (Å²) in [5.74, 6) is 1.18. The van der Waals surface area contributed by atoms with E-state index in [1.807, 2.05) is 32.0 Å². The van der Waals surface area contributed by atoms with Crippen LogP contribution in [-0.4, -0.2) is 23.1 Å². The summed E-state index contributed by atoms with van der Waals surface area (Å²) < 4.78 is 11.6. The zero-order valence-corrected chi connectivity index (χ0v) is 14.7. The normalized spacial score (nSPS) is 17.1. The molecular formula is C18H20N2O3S. The number of carbonyl (C=O) groups excluding carboxylic acids is 1. The summed E-state index contributed by atoms with van der Waals surface area (Å²) in [5, 5.41) is 3.50. The van der Waals surface area contributed by atoms with E-state index in [1.54, 1.807) is 11.3 Å². The average Bonchev–Trinajstić information content (AvgIpc) is 3.16. The molecule has 1 aromatic carbocycles. The molecule has 2 aromatic rings. The summed E-state index contributed by atoms with van der Waals surface area (Å²) in [6.45, 7) is 4.04. The SMILES string of the molecule is CC1(C)Cc2cccc(OCC(=O)Nc3nc4c(s3)CCC4)c2O1. The number of amides is 1. The number of thiazole rings is 1. The van der Waals surface area contributed by atoms with Crippen LogP contribution in [0, 0.1) is 0 Å². The van der Waals surface area contributed by atoms with Crippen molar-refractivity contribution < 1.29 is 14.3 Å². The summed E-state index contributed by atoms with van der Waals surface area (Å²) in [7, 11) is 0. The first-order chi connectivity index (χ1) is 11.5. The average molecular weight is 344 g/mol. The van der Waals surface area contributed by atoms with E-state index >= 15 is 0 Å². The smallest absolute Gasteiger partial charge is 0.264 e. The van der Waals surface area contributed by atoms with Gasteiger partial charge in [-0.05, 0) is 39.2 Å². The Morgan fingerprint density at radius 1 is 1.42 bits per heavy atom. The van der Waals surface area contributed by atoms with Crippen LogP contribution in [0.4, 0.5) is 5.13 Å². The van der Waals surface area contributed by atoms with Gasteiger partial charge < -0.3 is 9.47 Å². The summed E-state index contributed by atoms with van der Waals surface area (Å²) in [5.41, 5.74) is 2.02. The summed E-state index contributed by atoms with van der Waals surface area (Å²) in [6.07, 6.45) is 4.10. The van der Waals surface area contributed by atoms with Crippen LogP contribution in [-0.2, 0) is 24.1 Å². The van der Waals surface area contributed by atoms with Crippen molar-refractivity contribution in [1.29, 1.82) is 0 Å². The van der Waals surface area contributed by atoms with E-state index in [4.69, 9.17) is 9.47 Å². The predicted molar refractivity (Wildman–Crippen MR) is 93.1 cm³/mol. The fourth-order valence-corrected chi connectivity index (χ4v) is 4.31. The molecule has 0 saturated carbocycles. The van der Waals surface area contributed by atoms with Crippen molar-refractivity contribution in [3.8, 4) is 11.5 Å². The fraction of sp³-hybridized carbons (Fsp3) is 0.444. The number of fused-ring (bicyclic) bond motifs is 2. The van der Waals surface area contributed by atoms with Gasteiger partial charge >= 0.3 is 0 Å². The van der Waals surface area contributed by atoms with Crippen molar-refractivity contribution in [3.05, 3.63) is 34.3 Å². The topological polar surface area (TPSA) is 60.5 Å². The zero-order valence-electron chi connectivity index (χ0n) is 13.8. The van der Waals surface area contributed by atoms with E-state index < -0.39 is 0 Å². The van der Waals surface area contributed by atoms with E-state index in [9.17, 15) is 4.79 Å². The predicted octanol–water partition coefficient (Wildman–Crippen LogP) is 3.36. The van der Waals surface area contributed by atoms with E-state index in [-0.39, 0.29) is 18.1 Å². The van der Waals surface area contributed by atoms with Crippen LogP contribution in [0.2, 0.25) is 0 Å². The lowest BCUT2D eigenvalue weighted by molar-refractivity contribution is -0.118. The largest absolute Gasteiger partial charge is 0.483 e. The van der Waals surface area contributed by atoms with Gasteiger partial charge in [0.15, 0.2) is 23.2 Å². The molecule has 0 spiro atoms. The molecular weight excluding hydrogens is 324 g/mol. The van der Waals surface area contributed by atoms with Crippen LogP contribution in [0.25, 0.3) is 0 Å². The third-order valence-corrected chi connectivity index (χ3v) is 5.33. The van der Waals surface area contributed by atoms with Crippen molar-refractivity contribution in [2.24, 2.45) is 0 Å². The van der Waals surface area contributed by atoms with Gasteiger partial charge in [0, 0.05) is 16.9 Å². The number of ether oxygens (including phenoxy) is 2. The zero-order chi connectivity index (χ0) is 16.7. The van der Waals surface area contributed by atoms with Crippen molar-refractivity contribution in [2.45, 2.75) is 45.1 Å². The number of hydrogen-bond acceptors (Lipinski definition) is 5. The molecule has 1 N–H and O–H groups in total. The Labute approximate surface area is 145 Å². The first-order valence-corrected chi connectivity index (χ1v) is 9.04. The van der Waals surface area contributed by atoms with Crippen LogP contribution in [0.1, 0.15) is 36.4 Å². The fourth-order valence-electron chi connectivity index (χ4n) is 3.24. The van der Waals surface area contributed by atoms with Gasteiger partial charge in [0.05, 0.1) is 5.69 Å². The quantitative estimate of drug-likeness (QED) is 0.924. The van der Waals surface area contributed by atoms with Gasteiger partial charge in [0.2, 0.25) is 0 Å². The number of para-hydroxylation sites is 1. The molecule has 126 valence electrons. The molecule has 0 saturated heterocycles. The highest BCUT2D eigenvalue weighted by atomic mass is 32.1. The van der Waals surface area contributed by atoms with Gasteiger partial charge in [0.1, 0.15) is 5.60 Å². The second-order valence-electron chi connectivity index (χ2n) is 6.86. The van der Waals surface area contributed by atoms with Gasteiger partial charge in [0.25, 0.3) is 5.91 Å². The molecule has 2 aliphatic rings. The van der Waals surface area contributed by atoms with Crippen LogP contribution in [0.3, 0.4) is 0 Å². The van der Waals surface area contributed by atoms with Crippen molar-refractivity contribution in [2.75, 3.05) is 11.9 Å². The summed E-state index contributed by atoms with van der Waals surface area (Å²) >= 11 is 1.57. The van der Waals surface area contributed by atoms with Gasteiger partial charge in [-0.15, -0.1) is 11.3 Å².